The molecule has 3 fully saturated rings. The van der Waals surface area contributed by atoms with Crippen molar-refractivity contribution in [2.24, 2.45) is 11.8 Å². The summed E-state index contributed by atoms with van der Waals surface area (Å²) in [5.41, 5.74) is 0. The predicted molar refractivity (Wildman–Crippen MR) is 103 cm³/mol. The van der Waals surface area contributed by atoms with Crippen LogP contribution in [0.15, 0.2) is 0 Å². The molecule has 0 aromatic carbocycles. The van der Waals surface area contributed by atoms with Gasteiger partial charge in [-0.25, -0.2) is 0 Å². The molecule has 0 unspecified atom stereocenters. The third kappa shape index (κ3) is 5.00. The van der Waals surface area contributed by atoms with Crippen molar-refractivity contribution in [3.63, 3.8) is 0 Å². The van der Waals surface area contributed by atoms with E-state index in [-0.39, 0.29) is 23.7 Å². The fraction of sp³-hybridized carbons (Fsp3) is 0.850. The van der Waals surface area contributed by atoms with Gasteiger partial charge < -0.3 is 14.7 Å². The summed E-state index contributed by atoms with van der Waals surface area (Å²) in [6.07, 6.45) is 3.66. The second kappa shape index (κ2) is 9.04. The molecule has 7 nitrogen and oxygen atoms in total. The fourth-order valence-corrected chi connectivity index (χ4v) is 4.19. The zero-order valence-corrected chi connectivity index (χ0v) is 16.9. The average molecular weight is 379 g/mol. The molecule has 0 aromatic heterocycles. The zero-order valence-electron chi connectivity index (χ0n) is 16.9. The van der Waals surface area contributed by atoms with E-state index in [2.05, 4.69) is 4.90 Å². The number of nitrogens with zero attached hydrogens (tertiary/aromatic N) is 4. The van der Waals surface area contributed by atoms with Crippen molar-refractivity contribution in [2.45, 2.75) is 39.5 Å². The van der Waals surface area contributed by atoms with Crippen molar-refractivity contribution in [1.82, 2.24) is 19.6 Å². The summed E-state index contributed by atoms with van der Waals surface area (Å²) in [6, 6.07) is 0. The van der Waals surface area contributed by atoms with Gasteiger partial charge >= 0.3 is 0 Å². The molecule has 1 aliphatic carbocycles. The van der Waals surface area contributed by atoms with Crippen LogP contribution in [0.25, 0.3) is 0 Å². The minimum Gasteiger partial charge on any atom is -0.342 e. The third-order valence-electron chi connectivity index (χ3n) is 6.24. The Labute approximate surface area is 162 Å². The topological polar surface area (TPSA) is 64.2 Å². The number of piperazine rings is 1. The van der Waals surface area contributed by atoms with Crippen molar-refractivity contribution < 1.29 is 14.4 Å². The monoisotopic (exact) mass is 378 g/mol. The van der Waals surface area contributed by atoms with E-state index in [1.807, 2.05) is 28.5 Å². The first kappa shape index (κ1) is 20.1. The Kier molecular flexibility index (Phi) is 6.73. The number of likely N-dealkylation sites (N-methyl/N-ethyl adjacent to an activating group) is 1. The minimum absolute atomic E-state index is 0.0529. The van der Waals surface area contributed by atoms with Crippen molar-refractivity contribution in [3.8, 4) is 0 Å². The summed E-state index contributed by atoms with van der Waals surface area (Å²) in [5.74, 6) is 1.03. The number of carbonyl (C=O) groups is 3. The number of likely N-dealkylation sites (tertiary alicyclic amines) is 1. The summed E-state index contributed by atoms with van der Waals surface area (Å²) in [7, 11) is 0. The van der Waals surface area contributed by atoms with Crippen LogP contribution in [0.3, 0.4) is 0 Å². The molecule has 3 rings (SSSR count). The largest absolute Gasteiger partial charge is 0.342 e. The molecule has 0 N–H and O–H groups in total. The van der Waals surface area contributed by atoms with E-state index >= 15 is 0 Å². The Bertz CT molecular complexity index is 543. The van der Waals surface area contributed by atoms with E-state index in [0.717, 1.165) is 65.0 Å². The lowest BCUT2D eigenvalue weighted by Gasteiger charge is -2.38. The molecule has 152 valence electrons. The van der Waals surface area contributed by atoms with Crippen LogP contribution < -0.4 is 0 Å². The van der Waals surface area contributed by atoms with Crippen LogP contribution in [-0.4, -0.2) is 96.2 Å². The van der Waals surface area contributed by atoms with Gasteiger partial charge in [0.2, 0.25) is 17.7 Å². The van der Waals surface area contributed by atoms with Gasteiger partial charge in [0, 0.05) is 64.2 Å². The summed E-state index contributed by atoms with van der Waals surface area (Å²) in [6.45, 7) is 10.3. The van der Waals surface area contributed by atoms with Crippen LogP contribution in [0.1, 0.15) is 39.5 Å². The molecule has 3 amide bonds. The van der Waals surface area contributed by atoms with E-state index in [9.17, 15) is 14.4 Å². The van der Waals surface area contributed by atoms with Crippen LogP contribution in [-0.2, 0) is 14.4 Å². The smallest absolute Gasteiger partial charge is 0.236 e. The SMILES string of the molecule is CCN(CC)C(=O)CN1CCN(C(=O)C2CCN(C(=O)C3CC3)CC2)CC1. The van der Waals surface area contributed by atoms with Crippen LogP contribution >= 0.6 is 0 Å². The van der Waals surface area contributed by atoms with Crippen molar-refractivity contribution in [3.05, 3.63) is 0 Å². The van der Waals surface area contributed by atoms with Crippen LogP contribution in [0.5, 0.6) is 0 Å². The highest BCUT2D eigenvalue weighted by atomic mass is 16.2. The molecule has 0 atom stereocenters. The maximum absolute atomic E-state index is 12.8. The number of piperidine rings is 1. The second-order valence-electron chi connectivity index (χ2n) is 8.04. The van der Waals surface area contributed by atoms with Gasteiger partial charge in [-0.2, -0.15) is 0 Å². The number of carbonyl (C=O) groups excluding carboxylic acids is 3. The molecule has 7 heteroatoms. The Hall–Kier alpha value is -1.63. The molecule has 27 heavy (non-hydrogen) atoms. The van der Waals surface area contributed by atoms with Gasteiger partial charge in [0.1, 0.15) is 0 Å². The van der Waals surface area contributed by atoms with E-state index in [0.29, 0.717) is 25.5 Å². The molecule has 1 saturated carbocycles. The van der Waals surface area contributed by atoms with Crippen LogP contribution in [0.4, 0.5) is 0 Å². The lowest BCUT2D eigenvalue weighted by Crippen LogP contribution is -2.53. The highest BCUT2D eigenvalue weighted by molar-refractivity contribution is 5.82. The number of hydrogen-bond donors (Lipinski definition) is 0. The van der Waals surface area contributed by atoms with E-state index < -0.39 is 0 Å². The number of amides is 3. The number of rotatable bonds is 6. The molecule has 3 aliphatic rings. The normalized spacial score (nSPS) is 22.0. The molecule has 2 heterocycles. The Morgan fingerprint density at radius 1 is 0.741 bits per heavy atom. The van der Waals surface area contributed by atoms with E-state index in [1.165, 1.54) is 0 Å². The molecular weight excluding hydrogens is 344 g/mol. The van der Waals surface area contributed by atoms with Gasteiger partial charge in [0.15, 0.2) is 0 Å². The van der Waals surface area contributed by atoms with Crippen molar-refractivity contribution in [1.29, 1.82) is 0 Å². The summed E-state index contributed by atoms with van der Waals surface area (Å²) >= 11 is 0. The van der Waals surface area contributed by atoms with Gasteiger partial charge in [-0.1, -0.05) is 0 Å². The van der Waals surface area contributed by atoms with Gasteiger partial charge in [0.25, 0.3) is 0 Å². The molecular formula is C20H34N4O3. The lowest BCUT2D eigenvalue weighted by atomic mass is 9.94. The predicted octanol–water partition coefficient (Wildman–Crippen LogP) is 0.648. The molecule has 0 radical (unpaired) electrons. The first-order valence-electron chi connectivity index (χ1n) is 10.6. The Balaban J connectivity index is 1.40. The van der Waals surface area contributed by atoms with E-state index in [4.69, 9.17) is 0 Å². The van der Waals surface area contributed by atoms with Gasteiger partial charge in [-0.15, -0.1) is 0 Å². The first-order valence-corrected chi connectivity index (χ1v) is 10.6. The summed E-state index contributed by atoms with van der Waals surface area (Å²) in [4.78, 5) is 45.2. The average Bonchev–Trinajstić information content (AvgIpc) is 3.54. The Morgan fingerprint density at radius 2 is 1.22 bits per heavy atom. The van der Waals surface area contributed by atoms with Crippen molar-refractivity contribution in [2.75, 3.05) is 58.9 Å². The van der Waals surface area contributed by atoms with Gasteiger partial charge in [-0.05, 0) is 39.5 Å². The minimum atomic E-state index is 0.0529. The zero-order chi connectivity index (χ0) is 19.4. The first-order chi connectivity index (χ1) is 13.0. The molecule has 0 spiro atoms. The highest BCUT2D eigenvalue weighted by Gasteiger charge is 2.37. The van der Waals surface area contributed by atoms with Crippen LogP contribution in [0.2, 0.25) is 0 Å². The highest BCUT2D eigenvalue weighted by Crippen LogP contribution is 2.32. The Morgan fingerprint density at radius 3 is 1.70 bits per heavy atom. The number of hydrogen-bond acceptors (Lipinski definition) is 4. The molecule has 2 saturated heterocycles. The molecule has 0 bridgehead atoms. The maximum atomic E-state index is 12.8. The van der Waals surface area contributed by atoms with Gasteiger partial charge in [0.05, 0.1) is 6.54 Å². The fourth-order valence-electron chi connectivity index (χ4n) is 4.19. The van der Waals surface area contributed by atoms with Crippen molar-refractivity contribution >= 4 is 17.7 Å². The summed E-state index contributed by atoms with van der Waals surface area (Å²) < 4.78 is 0. The third-order valence-corrected chi connectivity index (χ3v) is 6.24. The van der Waals surface area contributed by atoms with Crippen LogP contribution in [0, 0.1) is 11.8 Å². The quantitative estimate of drug-likeness (QED) is 0.681. The lowest BCUT2D eigenvalue weighted by molar-refractivity contribution is -0.143. The van der Waals surface area contributed by atoms with Gasteiger partial charge in [-0.3, -0.25) is 19.3 Å². The molecule has 0 aromatic rings. The summed E-state index contributed by atoms with van der Waals surface area (Å²) in [5, 5.41) is 0. The standard InChI is InChI=1S/C20H34N4O3/c1-3-22(4-2)18(25)15-21-11-13-24(14-12-21)20(27)17-7-9-23(10-8-17)19(26)16-5-6-16/h16-17H,3-15H2,1-2H3. The van der Waals surface area contributed by atoms with E-state index in [1.54, 1.807) is 0 Å². The second-order valence-corrected chi connectivity index (χ2v) is 8.04. The molecule has 2 aliphatic heterocycles. The maximum Gasteiger partial charge on any atom is 0.236 e.